The first-order valence-corrected chi connectivity index (χ1v) is 6.34. The first-order chi connectivity index (χ1) is 7.39. The van der Waals surface area contributed by atoms with Crippen LogP contribution in [0.4, 0.5) is 8.78 Å². The third-order valence-electron chi connectivity index (χ3n) is 2.08. The zero-order chi connectivity index (χ0) is 12.3. The molecule has 0 aliphatic rings. The molecular formula is C9H10BrF2NO2S. The van der Waals surface area contributed by atoms with Crippen molar-refractivity contribution in [1.82, 2.24) is 0 Å². The molecule has 0 spiro atoms. The molecule has 0 heterocycles. The van der Waals surface area contributed by atoms with Gasteiger partial charge in [-0.3, -0.25) is 0 Å². The van der Waals surface area contributed by atoms with Gasteiger partial charge in [-0.15, -0.1) is 0 Å². The van der Waals surface area contributed by atoms with Crippen molar-refractivity contribution < 1.29 is 17.5 Å². The lowest BCUT2D eigenvalue weighted by Crippen LogP contribution is -2.45. The van der Waals surface area contributed by atoms with Crippen molar-refractivity contribution >= 4 is 27.0 Å². The summed E-state index contributed by atoms with van der Waals surface area (Å²) in [6.45, 7) is -1.12. The fourth-order valence-corrected chi connectivity index (χ4v) is 2.32. The molecule has 1 aromatic carbocycles. The second-order valence-electron chi connectivity index (χ2n) is 3.38. The molecule has 0 aliphatic carbocycles. The lowest BCUT2D eigenvalue weighted by Gasteiger charge is -2.25. The van der Waals surface area contributed by atoms with Crippen LogP contribution in [0.2, 0.25) is 0 Å². The SMILES string of the molecule is NC(CF)(CS(=O)O)c1cc(Br)ccc1F. The van der Waals surface area contributed by atoms with Gasteiger partial charge in [0.2, 0.25) is 0 Å². The van der Waals surface area contributed by atoms with Gasteiger partial charge in [0.1, 0.15) is 12.5 Å². The average Bonchev–Trinajstić information content (AvgIpc) is 2.20. The van der Waals surface area contributed by atoms with Gasteiger partial charge in [0.05, 0.1) is 11.3 Å². The van der Waals surface area contributed by atoms with E-state index in [2.05, 4.69) is 15.9 Å². The van der Waals surface area contributed by atoms with Crippen LogP contribution in [-0.2, 0) is 16.6 Å². The Hall–Kier alpha value is -0.370. The Labute approximate surface area is 102 Å². The van der Waals surface area contributed by atoms with Crippen molar-refractivity contribution in [2.75, 3.05) is 12.4 Å². The van der Waals surface area contributed by atoms with Crippen molar-refractivity contribution in [3.05, 3.63) is 34.1 Å². The predicted molar refractivity (Wildman–Crippen MR) is 61.6 cm³/mol. The molecule has 0 aromatic heterocycles. The molecule has 0 aliphatic heterocycles. The van der Waals surface area contributed by atoms with Gasteiger partial charge in [-0.1, -0.05) is 15.9 Å². The molecule has 2 unspecified atom stereocenters. The molecule has 0 saturated carbocycles. The minimum atomic E-state index is -2.30. The molecule has 0 fully saturated rings. The standard InChI is InChI=1S/C9H10BrF2NO2S/c10-6-1-2-8(12)7(3-6)9(13,4-11)5-16(14)15/h1-3H,4-5,13H2,(H,14,15). The Morgan fingerprint density at radius 1 is 1.56 bits per heavy atom. The first-order valence-electron chi connectivity index (χ1n) is 4.27. The Morgan fingerprint density at radius 2 is 2.19 bits per heavy atom. The van der Waals surface area contributed by atoms with Crippen molar-refractivity contribution in [2.24, 2.45) is 5.73 Å². The smallest absolute Gasteiger partial charge is 0.155 e. The number of hydrogen-bond donors (Lipinski definition) is 2. The minimum absolute atomic E-state index is 0.119. The van der Waals surface area contributed by atoms with Crippen molar-refractivity contribution in [3.63, 3.8) is 0 Å². The van der Waals surface area contributed by atoms with Crippen molar-refractivity contribution in [1.29, 1.82) is 0 Å². The van der Waals surface area contributed by atoms with Gasteiger partial charge in [0.15, 0.2) is 11.1 Å². The van der Waals surface area contributed by atoms with Crippen LogP contribution in [-0.4, -0.2) is 21.2 Å². The highest BCUT2D eigenvalue weighted by Crippen LogP contribution is 2.26. The maximum Gasteiger partial charge on any atom is 0.155 e. The zero-order valence-corrected chi connectivity index (χ0v) is 10.5. The summed E-state index contributed by atoms with van der Waals surface area (Å²) in [7, 11) is 0. The molecule has 2 atom stereocenters. The number of nitrogens with two attached hydrogens (primary N) is 1. The highest BCUT2D eigenvalue weighted by Gasteiger charge is 2.32. The van der Waals surface area contributed by atoms with Crippen LogP contribution < -0.4 is 5.73 Å². The average molecular weight is 314 g/mol. The van der Waals surface area contributed by atoms with Crippen LogP contribution in [0.1, 0.15) is 5.56 Å². The van der Waals surface area contributed by atoms with E-state index in [1.165, 1.54) is 12.1 Å². The highest BCUT2D eigenvalue weighted by molar-refractivity contribution is 9.10. The Balaban J connectivity index is 3.21. The second-order valence-corrected chi connectivity index (χ2v) is 5.23. The summed E-state index contributed by atoms with van der Waals surface area (Å²) in [5.41, 5.74) is 3.70. The van der Waals surface area contributed by atoms with E-state index in [9.17, 15) is 13.0 Å². The third kappa shape index (κ3) is 3.07. The van der Waals surface area contributed by atoms with Crippen LogP contribution in [0, 0.1) is 5.82 Å². The minimum Gasteiger partial charge on any atom is -0.318 e. The van der Waals surface area contributed by atoms with E-state index >= 15 is 0 Å². The Bertz CT molecular complexity index is 418. The van der Waals surface area contributed by atoms with E-state index in [-0.39, 0.29) is 5.56 Å². The van der Waals surface area contributed by atoms with E-state index in [1.54, 1.807) is 0 Å². The summed E-state index contributed by atoms with van der Waals surface area (Å²) in [6.07, 6.45) is 0. The number of hydrogen-bond acceptors (Lipinski definition) is 2. The van der Waals surface area contributed by atoms with E-state index < -0.39 is 34.9 Å². The molecule has 0 saturated heterocycles. The van der Waals surface area contributed by atoms with Crippen LogP contribution in [0.3, 0.4) is 0 Å². The summed E-state index contributed by atoms with van der Waals surface area (Å²) in [4.78, 5) is 0. The fraction of sp³-hybridized carbons (Fsp3) is 0.333. The largest absolute Gasteiger partial charge is 0.318 e. The second kappa shape index (κ2) is 5.31. The molecule has 90 valence electrons. The molecule has 16 heavy (non-hydrogen) atoms. The summed E-state index contributed by atoms with van der Waals surface area (Å²) >= 11 is 0.804. The van der Waals surface area contributed by atoms with Crippen molar-refractivity contribution in [3.8, 4) is 0 Å². The third-order valence-corrected chi connectivity index (χ3v) is 3.34. The molecule has 1 rings (SSSR count). The van der Waals surface area contributed by atoms with E-state index in [0.29, 0.717) is 4.47 Å². The van der Waals surface area contributed by atoms with Gasteiger partial charge in [-0.05, 0) is 18.2 Å². The quantitative estimate of drug-likeness (QED) is 0.835. The van der Waals surface area contributed by atoms with Crippen LogP contribution >= 0.6 is 15.9 Å². The Kier molecular flexibility index (Phi) is 4.54. The van der Waals surface area contributed by atoms with E-state index in [0.717, 1.165) is 6.07 Å². The van der Waals surface area contributed by atoms with Gasteiger partial charge in [-0.2, -0.15) is 0 Å². The maximum atomic E-state index is 13.5. The zero-order valence-electron chi connectivity index (χ0n) is 8.12. The van der Waals surface area contributed by atoms with Gasteiger partial charge < -0.3 is 10.3 Å². The molecule has 0 radical (unpaired) electrons. The predicted octanol–water partition coefficient (Wildman–Crippen LogP) is 1.93. The molecule has 0 bridgehead atoms. The first kappa shape index (κ1) is 13.7. The van der Waals surface area contributed by atoms with Gasteiger partial charge >= 0.3 is 0 Å². The van der Waals surface area contributed by atoms with Gasteiger partial charge in [-0.25, -0.2) is 13.0 Å². The molecule has 1 aromatic rings. The lowest BCUT2D eigenvalue weighted by molar-refractivity contribution is 0.326. The van der Waals surface area contributed by atoms with Crippen LogP contribution in [0.25, 0.3) is 0 Å². The van der Waals surface area contributed by atoms with E-state index in [1.807, 2.05) is 0 Å². The van der Waals surface area contributed by atoms with Crippen molar-refractivity contribution in [2.45, 2.75) is 5.54 Å². The fourth-order valence-electron chi connectivity index (χ4n) is 1.29. The molecule has 3 N–H and O–H groups in total. The molecule has 3 nitrogen and oxygen atoms in total. The number of halogens is 3. The van der Waals surface area contributed by atoms with Crippen LogP contribution in [0.15, 0.2) is 22.7 Å². The molecular weight excluding hydrogens is 304 g/mol. The summed E-state index contributed by atoms with van der Waals surface area (Å²) in [6, 6.07) is 3.87. The normalized spacial score (nSPS) is 16.8. The number of benzene rings is 1. The monoisotopic (exact) mass is 313 g/mol. The topological polar surface area (TPSA) is 63.3 Å². The van der Waals surface area contributed by atoms with Gasteiger partial charge in [0.25, 0.3) is 0 Å². The van der Waals surface area contributed by atoms with Crippen LogP contribution in [0.5, 0.6) is 0 Å². The Morgan fingerprint density at radius 3 is 2.69 bits per heavy atom. The summed E-state index contributed by atoms with van der Waals surface area (Å²) in [5, 5.41) is 0. The van der Waals surface area contributed by atoms with Gasteiger partial charge in [0, 0.05) is 10.0 Å². The van der Waals surface area contributed by atoms with E-state index in [4.69, 9.17) is 10.3 Å². The highest BCUT2D eigenvalue weighted by atomic mass is 79.9. The maximum absolute atomic E-state index is 13.5. The number of alkyl halides is 1. The summed E-state index contributed by atoms with van der Waals surface area (Å²) < 4.78 is 46.2. The lowest BCUT2D eigenvalue weighted by atomic mass is 9.94. The number of rotatable bonds is 4. The molecule has 0 amide bonds. The molecule has 7 heteroatoms. The summed E-state index contributed by atoms with van der Waals surface area (Å²) in [5.74, 6) is -1.26.